The molecule has 0 saturated heterocycles. The van der Waals surface area contributed by atoms with Crippen LogP contribution in [0.3, 0.4) is 0 Å². The lowest BCUT2D eigenvalue weighted by atomic mass is 10.2. The average molecular weight is 319 g/mol. The molecule has 0 fully saturated rings. The maximum Gasteiger partial charge on any atom is 0.329 e. The highest BCUT2D eigenvalue weighted by Gasteiger charge is 2.21. The number of carboxylic acid groups (broad SMARTS) is 1. The van der Waals surface area contributed by atoms with Crippen LogP contribution in [0, 0.1) is 0 Å². The first-order chi connectivity index (χ1) is 10.8. The van der Waals surface area contributed by atoms with Crippen molar-refractivity contribution in [2.45, 2.75) is 26.4 Å². The Morgan fingerprint density at radius 1 is 1.26 bits per heavy atom. The minimum Gasteiger partial charge on any atom is -0.480 e. The molecule has 0 bridgehead atoms. The number of carbonyl (C=O) groups is 2. The van der Waals surface area contributed by atoms with Crippen molar-refractivity contribution in [3.8, 4) is 0 Å². The van der Waals surface area contributed by atoms with E-state index >= 15 is 0 Å². The molecule has 1 aromatic carbocycles. The number of H-pyrrole nitrogens is 1. The van der Waals surface area contributed by atoms with Crippen LogP contribution in [0.15, 0.2) is 33.9 Å². The molecule has 0 radical (unpaired) electrons. The Bertz CT molecular complexity index is 865. The molecule has 0 unspecified atom stereocenters. The highest BCUT2D eigenvalue weighted by molar-refractivity contribution is 5.82. The van der Waals surface area contributed by atoms with Crippen LogP contribution in [0.25, 0.3) is 10.9 Å². The minimum atomic E-state index is -1.16. The Kier molecular flexibility index (Phi) is 4.63. The Morgan fingerprint density at radius 3 is 2.52 bits per heavy atom. The van der Waals surface area contributed by atoms with Crippen molar-refractivity contribution >= 4 is 22.8 Å². The number of hydrogen-bond acceptors (Lipinski definition) is 4. The van der Waals surface area contributed by atoms with Crippen molar-refractivity contribution in [1.29, 1.82) is 0 Å². The van der Waals surface area contributed by atoms with Crippen LogP contribution in [0.2, 0.25) is 0 Å². The van der Waals surface area contributed by atoms with E-state index in [9.17, 15) is 19.2 Å². The van der Waals surface area contributed by atoms with E-state index in [1.54, 1.807) is 38.1 Å². The summed E-state index contributed by atoms with van der Waals surface area (Å²) in [5.41, 5.74) is -0.907. The zero-order valence-electron chi connectivity index (χ0n) is 12.8. The molecule has 2 N–H and O–H groups in total. The SMILES string of the molecule is CC(C)N(CC(=O)O)C(=O)Cn1c(=O)[nH]c2ccccc2c1=O. The van der Waals surface area contributed by atoms with Crippen LogP contribution in [0.5, 0.6) is 0 Å². The maximum atomic E-state index is 12.4. The molecular weight excluding hydrogens is 302 g/mol. The number of para-hydroxylation sites is 1. The van der Waals surface area contributed by atoms with Crippen molar-refractivity contribution in [3.63, 3.8) is 0 Å². The fourth-order valence-corrected chi connectivity index (χ4v) is 2.27. The van der Waals surface area contributed by atoms with Gasteiger partial charge in [0.15, 0.2) is 0 Å². The Hall–Kier alpha value is -2.90. The van der Waals surface area contributed by atoms with Crippen LogP contribution in [-0.2, 0) is 16.1 Å². The normalized spacial score (nSPS) is 10.9. The Morgan fingerprint density at radius 2 is 1.91 bits per heavy atom. The number of amides is 1. The topological polar surface area (TPSA) is 112 Å². The van der Waals surface area contributed by atoms with Crippen molar-refractivity contribution in [2.75, 3.05) is 6.54 Å². The molecule has 8 heteroatoms. The van der Waals surface area contributed by atoms with E-state index in [1.807, 2.05) is 0 Å². The molecular formula is C15H17N3O5. The summed E-state index contributed by atoms with van der Waals surface area (Å²) < 4.78 is 0.780. The fraction of sp³-hybridized carbons (Fsp3) is 0.333. The number of rotatable bonds is 5. The smallest absolute Gasteiger partial charge is 0.329 e. The highest BCUT2D eigenvalue weighted by Crippen LogP contribution is 2.04. The van der Waals surface area contributed by atoms with E-state index in [4.69, 9.17) is 5.11 Å². The Labute approximate surface area is 131 Å². The third kappa shape index (κ3) is 3.47. The maximum absolute atomic E-state index is 12.4. The summed E-state index contributed by atoms with van der Waals surface area (Å²) in [7, 11) is 0. The van der Waals surface area contributed by atoms with Crippen molar-refractivity contribution in [3.05, 3.63) is 45.1 Å². The number of benzene rings is 1. The van der Waals surface area contributed by atoms with Gasteiger partial charge in [-0.2, -0.15) is 0 Å². The summed E-state index contributed by atoms with van der Waals surface area (Å²) in [5, 5.41) is 9.15. The molecule has 1 aromatic heterocycles. The van der Waals surface area contributed by atoms with Crippen LogP contribution in [0.4, 0.5) is 0 Å². The molecule has 1 amide bonds. The van der Waals surface area contributed by atoms with Gasteiger partial charge in [0.25, 0.3) is 5.56 Å². The van der Waals surface area contributed by atoms with E-state index < -0.39 is 36.2 Å². The van der Waals surface area contributed by atoms with Gasteiger partial charge in [0.1, 0.15) is 13.1 Å². The van der Waals surface area contributed by atoms with Gasteiger partial charge in [-0.05, 0) is 26.0 Å². The van der Waals surface area contributed by atoms with Gasteiger partial charge in [0.05, 0.1) is 10.9 Å². The fourth-order valence-electron chi connectivity index (χ4n) is 2.27. The second-order valence-corrected chi connectivity index (χ2v) is 5.38. The van der Waals surface area contributed by atoms with Gasteiger partial charge < -0.3 is 15.0 Å². The monoisotopic (exact) mass is 319 g/mol. The number of nitrogens with one attached hydrogen (secondary N) is 1. The number of carboxylic acids is 1. The summed E-state index contributed by atoms with van der Waals surface area (Å²) in [6.07, 6.45) is 0. The van der Waals surface area contributed by atoms with Gasteiger partial charge >= 0.3 is 11.7 Å². The van der Waals surface area contributed by atoms with Crippen LogP contribution < -0.4 is 11.2 Å². The summed E-state index contributed by atoms with van der Waals surface area (Å²) in [5.74, 6) is -1.77. The quantitative estimate of drug-likeness (QED) is 0.806. The van der Waals surface area contributed by atoms with E-state index in [1.165, 1.54) is 0 Å². The standard InChI is InChI=1S/C15H17N3O5/c1-9(2)17(8-13(20)21)12(19)7-18-14(22)10-5-3-4-6-11(10)16-15(18)23/h3-6,9H,7-8H2,1-2H3,(H,16,23)(H,20,21). The van der Waals surface area contributed by atoms with E-state index in [-0.39, 0.29) is 11.4 Å². The lowest BCUT2D eigenvalue weighted by Gasteiger charge is -2.25. The van der Waals surface area contributed by atoms with Crippen LogP contribution in [0.1, 0.15) is 13.8 Å². The predicted molar refractivity (Wildman–Crippen MR) is 83.3 cm³/mol. The van der Waals surface area contributed by atoms with Crippen molar-refractivity contribution < 1.29 is 14.7 Å². The number of aromatic amines is 1. The molecule has 2 rings (SSSR count). The summed E-state index contributed by atoms with van der Waals surface area (Å²) in [6.45, 7) is 2.32. The van der Waals surface area contributed by atoms with E-state index in [0.717, 1.165) is 9.47 Å². The second-order valence-electron chi connectivity index (χ2n) is 5.38. The van der Waals surface area contributed by atoms with Gasteiger partial charge in [-0.3, -0.25) is 19.0 Å². The molecule has 0 aliphatic rings. The molecule has 0 spiro atoms. The van der Waals surface area contributed by atoms with E-state index in [2.05, 4.69) is 4.98 Å². The van der Waals surface area contributed by atoms with Crippen molar-refractivity contribution in [1.82, 2.24) is 14.5 Å². The molecule has 122 valence electrons. The molecule has 8 nitrogen and oxygen atoms in total. The van der Waals surface area contributed by atoms with Gasteiger partial charge in [-0.15, -0.1) is 0 Å². The van der Waals surface area contributed by atoms with Crippen molar-refractivity contribution in [2.24, 2.45) is 0 Å². The molecule has 2 aromatic rings. The van der Waals surface area contributed by atoms with Crippen LogP contribution in [-0.4, -0.2) is 44.0 Å². The molecule has 0 atom stereocenters. The molecule has 0 aliphatic carbocycles. The number of carbonyl (C=O) groups excluding carboxylic acids is 1. The summed E-state index contributed by atoms with van der Waals surface area (Å²) in [4.78, 5) is 51.1. The highest BCUT2D eigenvalue weighted by atomic mass is 16.4. The Balaban J connectivity index is 2.41. The first-order valence-electron chi connectivity index (χ1n) is 7.04. The van der Waals surface area contributed by atoms with Gasteiger partial charge in [-0.1, -0.05) is 12.1 Å². The molecule has 23 heavy (non-hydrogen) atoms. The molecule has 0 aliphatic heterocycles. The number of aromatic nitrogens is 2. The summed E-state index contributed by atoms with van der Waals surface area (Å²) >= 11 is 0. The first-order valence-corrected chi connectivity index (χ1v) is 7.04. The number of fused-ring (bicyclic) bond motifs is 1. The third-order valence-corrected chi connectivity index (χ3v) is 3.43. The number of aliphatic carboxylic acids is 1. The zero-order valence-corrected chi connectivity index (χ0v) is 12.8. The van der Waals surface area contributed by atoms with Gasteiger partial charge in [0, 0.05) is 6.04 Å². The second kappa shape index (κ2) is 6.47. The predicted octanol–water partition coefficient (Wildman–Crippen LogP) is 0.0114. The first kappa shape index (κ1) is 16.5. The lowest BCUT2D eigenvalue weighted by Crippen LogP contribution is -2.46. The largest absolute Gasteiger partial charge is 0.480 e. The lowest BCUT2D eigenvalue weighted by molar-refractivity contribution is -0.146. The third-order valence-electron chi connectivity index (χ3n) is 3.43. The van der Waals surface area contributed by atoms with Crippen LogP contribution >= 0.6 is 0 Å². The summed E-state index contributed by atoms with van der Waals surface area (Å²) in [6, 6.07) is 6.11. The number of nitrogens with zero attached hydrogens (tertiary/aromatic N) is 2. The van der Waals surface area contributed by atoms with Gasteiger partial charge in [0.2, 0.25) is 5.91 Å². The minimum absolute atomic E-state index is 0.286. The molecule has 0 saturated carbocycles. The molecule has 1 heterocycles. The van der Waals surface area contributed by atoms with Gasteiger partial charge in [-0.25, -0.2) is 4.79 Å². The zero-order chi connectivity index (χ0) is 17.1. The average Bonchev–Trinajstić information content (AvgIpc) is 2.48. The van der Waals surface area contributed by atoms with E-state index in [0.29, 0.717) is 5.52 Å². The number of hydrogen-bond donors (Lipinski definition) is 2.